The minimum atomic E-state index is -0.430. The van der Waals surface area contributed by atoms with E-state index in [0.29, 0.717) is 43.1 Å². The quantitative estimate of drug-likeness (QED) is 0.508. The van der Waals surface area contributed by atoms with Gasteiger partial charge in [0.2, 0.25) is 5.91 Å². The van der Waals surface area contributed by atoms with Crippen LogP contribution in [0.5, 0.6) is 0 Å². The molecular formula is C24H23BrFNO3. The number of amides is 1. The Morgan fingerprint density at radius 2 is 1.87 bits per heavy atom. The Bertz CT molecular complexity index is 1030. The molecule has 156 valence electrons. The van der Waals surface area contributed by atoms with Crippen molar-refractivity contribution in [1.29, 1.82) is 0 Å². The van der Waals surface area contributed by atoms with Crippen molar-refractivity contribution < 1.29 is 18.3 Å². The van der Waals surface area contributed by atoms with E-state index in [1.54, 1.807) is 30.3 Å². The first kappa shape index (κ1) is 20.8. The summed E-state index contributed by atoms with van der Waals surface area (Å²) in [5, 5.41) is 3.25. The third-order valence-electron chi connectivity index (χ3n) is 5.50. The molecule has 1 aliphatic rings. The average Bonchev–Trinajstić information content (AvgIpc) is 3.22. The van der Waals surface area contributed by atoms with Crippen molar-refractivity contribution in [2.45, 2.75) is 31.2 Å². The van der Waals surface area contributed by atoms with Gasteiger partial charge in [-0.3, -0.25) is 4.79 Å². The largest absolute Gasteiger partial charge is 0.461 e. The Labute approximate surface area is 183 Å². The molecule has 0 bridgehead atoms. The molecule has 1 saturated heterocycles. The summed E-state index contributed by atoms with van der Waals surface area (Å²) >= 11 is 3.52. The summed E-state index contributed by atoms with van der Waals surface area (Å²) in [5.74, 6) is 0.762. The lowest BCUT2D eigenvalue weighted by molar-refractivity contribution is -0.124. The highest BCUT2D eigenvalue weighted by molar-refractivity contribution is 9.10. The van der Waals surface area contributed by atoms with Crippen LogP contribution in [0.4, 0.5) is 4.39 Å². The molecule has 0 atom stereocenters. The minimum absolute atomic E-state index is 0.0410. The molecule has 1 aliphatic heterocycles. The van der Waals surface area contributed by atoms with Crippen molar-refractivity contribution in [2.24, 2.45) is 0 Å². The highest BCUT2D eigenvalue weighted by Gasteiger charge is 2.36. The molecule has 3 aromatic rings. The Hall–Kier alpha value is -2.44. The van der Waals surface area contributed by atoms with Gasteiger partial charge in [-0.05, 0) is 54.8 Å². The number of aryl methyl sites for hydroxylation is 1. The SMILES string of the molecule is O=C(CCc1ccc(-c2ccccc2F)o1)NC1(c2cccc(Br)c2)CCOCC1. The van der Waals surface area contributed by atoms with Crippen molar-refractivity contribution in [3.63, 3.8) is 0 Å². The topological polar surface area (TPSA) is 51.5 Å². The molecule has 0 saturated carbocycles. The molecular weight excluding hydrogens is 449 g/mol. The molecule has 4 nitrogen and oxygen atoms in total. The second-order valence-corrected chi connectivity index (χ2v) is 8.41. The van der Waals surface area contributed by atoms with Crippen molar-refractivity contribution in [1.82, 2.24) is 5.32 Å². The Balaban J connectivity index is 1.43. The zero-order valence-electron chi connectivity index (χ0n) is 16.5. The van der Waals surface area contributed by atoms with E-state index in [1.807, 2.05) is 18.2 Å². The van der Waals surface area contributed by atoms with Gasteiger partial charge in [0.1, 0.15) is 17.3 Å². The number of benzene rings is 2. The van der Waals surface area contributed by atoms with Gasteiger partial charge >= 0.3 is 0 Å². The fourth-order valence-electron chi connectivity index (χ4n) is 3.88. The van der Waals surface area contributed by atoms with Gasteiger partial charge in [0, 0.05) is 30.5 Å². The zero-order chi connectivity index (χ0) is 21.0. The van der Waals surface area contributed by atoms with Crippen LogP contribution in [-0.2, 0) is 21.5 Å². The van der Waals surface area contributed by atoms with Crippen LogP contribution in [0.2, 0.25) is 0 Å². The number of ether oxygens (including phenoxy) is 1. The van der Waals surface area contributed by atoms with E-state index in [-0.39, 0.29) is 11.7 Å². The molecule has 4 rings (SSSR count). The van der Waals surface area contributed by atoms with E-state index in [0.717, 1.165) is 22.9 Å². The number of rotatable bonds is 6. The first-order valence-corrected chi connectivity index (χ1v) is 10.8. The maximum absolute atomic E-state index is 14.0. The predicted octanol–water partition coefficient (Wildman–Crippen LogP) is 5.60. The first-order valence-electron chi connectivity index (χ1n) is 10.0. The van der Waals surface area contributed by atoms with Crippen molar-refractivity contribution >= 4 is 21.8 Å². The molecule has 0 radical (unpaired) electrons. The standard InChI is InChI=1S/C24H23BrFNO3/c25-18-5-3-4-17(16-18)24(12-14-29-15-13-24)27-23(28)11-9-19-8-10-22(30-19)20-6-1-2-7-21(20)26/h1-8,10,16H,9,11-15H2,(H,27,28). The van der Waals surface area contributed by atoms with Gasteiger partial charge in [-0.15, -0.1) is 0 Å². The number of nitrogens with one attached hydrogen (secondary N) is 1. The van der Waals surface area contributed by atoms with Gasteiger partial charge in [0.05, 0.1) is 11.1 Å². The van der Waals surface area contributed by atoms with Crippen molar-refractivity contribution in [3.8, 4) is 11.3 Å². The molecule has 0 aliphatic carbocycles. The van der Waals surface area contributed by atoms with Crippen LogP contribution < -0.4 is 5.32 Å². The minimum Gasteiger partial charge on any atom is -0.461 e. The smallest absolute Gasteiger partial charge is 0.221 e. The molecule has 0 unspecified atom stereocenters. The van der Waals surface area contributed by atoms with Crippen LogP contribution in [0.15, 0.2) is 69.6 Å². The van der Waals surface area contributed by atoms with Crippen LogP contribution in [0, 0.1) is 5.82 Å². The fraction of sp³-hybridized carbons (Fsp3) is 0.292. The van der Waals surface area contributed by atoms with Crippen molar-refractivity contribution in [2.75, 3.05) is 13.2 Å². The molecule has 1 amide bonds. The van der Waals surface area contributed by atoms with Gasteiger partial charge < -0.3 is 14.5 Å². The Morgan fingerprint density at radius 3 is 2.63 bits per heavy atom. The molecule has 1 aromatic heterocycles. The van der Waals surface area contributed by atoms with Gasteiger partial charge in [-0.2, -0.15) is 0 Å². The molecule has 2 heterocycles. The zero-order valence-corrected chi connectivity index (χ0v) is 18.1. The highest BCUT2D eigenvalue weighted by atomic mass is 79.9. The van der Waals surface area contributed by atoms with Crippen LogP contribution >= 0.6 is 15.9 Å². The van der Waals surface area contributed by atoms with E-state index in [9.17, 15) is 9.18 Å². The third-order valence-corrected chi connectivity index (χ3v) is 5.99. The maximum Gasteiger partial charge on any atom is 0.221 e. The molecule has 1 N–H and O–H groups in total. The van der Waals surface area contributed by atoms with Crippen LogP contribution in [0.3, 0.4) is 0 Å². The summed E-state index contributed by atoms with van der Waals surface area (Å²) in [6.07, 6.45) is 2.20. The number of hydrogen-bond acceptors (Lipinski definition) is 3. The second kappa shape index (κ2) is 9.14. The normalized spacial score (nSPS) is 15.7. The van der Waals surface area contributed by atoms with Gasteiger partial charge in [-0.25, -0.2) is 4.39 Å². The van der Waals surface area contributed by atoms with Crippen LogP contribution in [-0.4, -0.2) is 19.1 Å². The van der Waals surface area contributed by atoms with E-state index < -0.39 is 5.54 Å². The van der Waals surface area contributed by atoms with E-state index in [1.165, 1.54) is 6.07 Å². The molecule has 0 spiro atoms. The molecule has 6 heteroatoms. The summed E-state index contributed by atoms with van der Waals surface area (Å²) in [7, 11) is 0. The summed E-state index contributed by atoms with van der Waals surface area (Å²) in [6, 6.07) is 18.1. The highest BCUT2D eigenvalue weighted by Crippen LogP contribution is 2.34. The van der Waals surface area contributed by atoms with Crippen LogP contribution in [0.25, 0.3) is 11.3 Å². The van der Waals surface area contributed by atoms with E-state index >= 15 is 0 Å². The third kappa shape index (κ3) is 4.65. The van der Waals surface area contributed by atoms with E-state index in [4.69, 9.17) is 9.15 Å². The lowest BCUT2D eigenvalue weighted by atomic mass is 9.82. The van der Waals surface area contributed by atoms with Crippen LogP contribution in [0.1, 0.15) is 30.6 Å². The van der Waals surface area contributed by atoms with E-state index in [2.05, 4.69) is 27.3 Å². The number of carbonyl (C=O) groups is 1. The Kier molecular flexibility index (Phi) is 6.35. The number of furan rings is 1. The Morgan fingerprint density at radius 1 is 1.07 bits per heavy atom. The van der Waals surface area contributed by atoms with Gasteiger partial charge in [0.25, 0.3) is 0 Å². The average molecular weight is 472 g/mol. The van der Waals surface area contributed by atoms with Gasteiger partial charge in [-0.1, -0.05) is 40.2 Å². The molecule has 1 fully saturated rings. The molecule has 2 aromatic carbocycles. The molecule has 30 heavy (non-hydrogen) atoms. The monoisotopic (exact) mass is 471 g/mol. The van der Waals surface area contributed by atoms with Crippen molar-refractivity contribution in [3.05, 3.63) is 82.3 Å². The lowest BCUT2D eigenvalue weighted by Gasteiger charge is -2.38. The predicted molar refractivity (Wildman–Crippen MR) is 116 cm³/mol. The number of hydrogen-bond donors (Lipinski definition) is 1. The summed E-state index contributed by atoms with van der Waals surface area (Å²) in [5.41, 5.74) is 1.07. The summed E-state index contributed by atoms with van der Waals surface area (Å²) in [4.78, 5) is 12.8. The summed E-state index contributed by atoms with van der Waals surface area (Å²) < 4.78 is 26.2. The summed E-state index contributed by atoms with van der Waals surface area (Å²) in [6.45, 7) is 1.22. The first-order chi connectivity index (χ1) is 14.6. The second-order valence-electron chi connectivity index (χ2n) is 7.50. The maximum atomic E-state index is 14.0. The van der Waals surface area contributed by atoms with Gasteiger partial charge in [0.15, 0.2) is 0 Å². The number of halogens is 2. The lowest BCUT2D eigenvalue weighted by Crippen LogP contribution is -2.49. The number of carbonyl (C=O) groups excluding carboxylic acids is 1. The fourth-order valence-corrected chi connectivity index (χ4v) is 4.28.